The van der Waals surface area contributed by atoms with E-state index >= 15 is 0 Å². The van der Waals surface area contributed by atoms with Gasteiger partial charge in [-0.25, -0.2) is 0 Å². The standard InChI is InChI=1S/C26H30O4P.C26H30O3P.Fe/c1-8-19-9-10-25(22(19)15-27)31(20-11-16(2)26(30-7)17(3)12-20)21-13-23(28-5)18(4)24(14-21)29-6;1-8-20-9-10-24(23(20)15-27)30(21-11-16(2)25(28-6)17(3)12-21)22-13-18(4)26(29-7)19(5)14-22;/h9-15H,8H2,1-7H3;9-15H,8H2,1-7H3;/q;;+2. The van der Waals surface area contributed by atoms with Gasteiger partial charge in [-0.3, -0.25) is 0 Å². The molecule has 7 nitrogen and oxygen atoms in total. The average Bonchev–Trinajstić information content (AvgIpc) is 3.85. The first-order valence-electron chi connectivity index (χ1n) is 20.5. The van der Waals surface area contributed by atoms with Gasteiger partial charge in [0.2, 0.25) is 0 Å². The summed E-state index contributed by atoms with van der Waals surface area (Å²) in [5.74, 6) is 8.09. The predicted molar refractivity (Wildman–Crippen MR) is 253 cm³/mol. The third-order valence-corrected chi connectivity index (χ3v) is 16.2. The summed E-state index contributed by atoms with van der Waals surface area (Å²) >= 11 is 0. The zero-order valence-corrected chi connectivity index (χ0v) is 41.5. The fraction of sp³-hybridized carbons (Fsp3) is 0.308. The second kappa shape index (κ2) is 23.0. The largest absolute Gasteiger partial charge is 2.00 e. The van der Waals surface area contributed by atoms with Gasteiger partial charge in [-0.2, -0.15) is 0 Å². The van der Waals surface area contributed by atoms with Crippen molar-refractivity contribution < 1.29 is 50.3 Å². The molecule has 0 N–H and O–H groups in total. The molecule has 10 heteroatoms. The molecule has 0 aromatic heterocycles. The molecule has 4 aromatic carbocycles. The number of aldehydes is 2. The van der Waals surface area contributed by atoms with Crippen LogP contribution in [0.15, 0.2) is 48.5 Å². The first kappa shape index (κ1) is 51.2. The van der Waals surface area contributed by atoms with E-state index in [1.165, 1.54) is 10.6 Å². The molecule has 2 aliphatic rings. The molecule has 1 unspecified atom stereocenters. The van der Waals surface area contributed by atoms with Gasteiger partial charge in [0.25, 0.3) is 0 Å². The van der Waals surface area contributed by atoms with Crippen molar-refractivity contribution in [2.45, 2.75) is 75.2 Å². The van der Waals surface area contributed by atoms with Crippen LogP contribution in [0, 0.1) is 109 Å². The average molecular weight is 915 g/mol. The number of rotatable bonds is 15. The molecule has 62 heavy (non-hydrogen) atoms. The van der Waals surface area contributed by atoms with Gasteiger partial charge in [-0.15, -0.1) is 0 Å². The third kappa shape index (κ3) is 10.6. The normalized spacial score (nSPS) is 15.8. The van der Waals surface area contributed by atoms with Gasteiger partial charge >= 0.3 is 17.1 Å². The van der Waals surface area contributed by atoms with E-state index in [1.54, 1.807) is 35.5 Å². The Balaban J connectivity index is 0.000000268. The monoisotopic (exact) mass is 914 g/mol. The molecule has 0 heterocycles. The first-order valence-corrected chi connectivity index (χ1v) is 23.2. The van der Waals surface area contributed by atoms with Crippen LogP contribution in [0.25, 0.3) is 0 Å². The van der Waals surface area contributed by atoms with E-state index in [1.807, 2.05) is 6.92 Å². The second-order valence-corrected chi connectivity index (χ2v) is 19.6. The van der Waals surface area contributed by atoms with Crippen molar-refractivity contribution in [2.24, 2.45) is 0 Å². The molecule has 4 aromatic rings. The summed E-state index contributed by atoms with van der Waals surface area (Å²) in [4.78, 5) is 24.2. The van der Waals surface area contributed by atoms with Crippen LogP contribution >= 0.6 is 15.8 Å². The summed E-state index contributed by atoms with van der Waals surface area (Å²) in [6.07, 6.45) is 12.1. The van der Waals surface area contributed by atoms with E-state index < -0.39 is 15.8 Å². The maximum atomic E-state index is 12.1. The number of ether oxygens (including phenoxy) is 5. The zero-order chi connectivity index (χ0) is 44.7. The van der Waals surface area contributed by atoms with Crippen molar-refractivity contribution in [3.05, 3.63) is 148 Å². The van der Waals surface area contributed by atoms with Crippen molar-refractivity contribution in [3.63, 3.8) is 0 Å². The summed E-state index contributed by atoms with van der Waals surface area (Å²) in [6, 6.07) is 17.3. The van der Waals surface area contributed by atoms with E-state index in [4.69, 9.17) is 23.7 Å². The Kier molecular flexibility index (Phi) is 19.0. The van der Waals surface area contributed by atoms with Crippen molar-refractivity contribution in [1.82, 2.24) is 0 Å². The van der Waals surface area contributed by atoms with Gasteiger partial charge in [0, 0.05) is 16.9 Å². The van der Waals surface area contributed by atoms with Gasteiger partial charge in [0.15, 0.2) is 0 Å². The van der Waals surface area contributed by atoms with Gasteiger partial charge in [0.05, 0.1) is 47.4 Å². The molecule has 0 aliphatic heterocycles. The number of carbonyl (C=O) groups is 2. The molecule has 0 spiro atoms. The Labute approximate surface area is 385 Å². The molecule has 6 rings (SSSR count). The molecule has 10 radical (unpaired) electrons. The molecule has 2 aliphatic carbocycles. The quantitative estimate of drug-likeness (QED) is 0.0668. The van der Waals surface area contributed by atoms with Crippen LogP contribution in [0.3, 0.4) is 0 Å². The smallest absolute Gasteiger partial charge is 0.496 e. The van der Waals surface area contributed by atoms with Crippen LogP contribution in [0.1, 0.15) is 65.6 Å². The summed E-state index contributed by atoms with van der Waals surface area (Å²) in [5, 5.41) is 4.69. The van der Waals surface area contributed by atoms with E-state index in [2.05, 4.69) is 130 Å². The molecule has 0 amide bonds. The van der Waals surface area contributed by atoms with Gasteiger partial charge in [-0.05, 0) is 218 Å². The molecule has 0 bridgehead atoms. The van der Waals surface area contributed by atoms with Crippen molar-refractivity contribution in [2.75, 3.05) is 35.5 Å². The maximum Gasteiger partial charge on any atom is 2.00 e. The minimum absolute atomic E-state index is 0. The summed E-state index contributed by atoms with van der Waals surface area (Å²) in [6.45, 7) is 18.6. The summed E-state index contributed by atoms with van der Waals surface area (Å²) in [7, 11) is 6.55. The maximum absolute atomic E-state index is 12.1. The zero-order valence-electron chi connectivity index (χ0n) is 38.6. The molecule has 2 fully saturated rings. The predicted octanol–water partition coefficient (Wildman–Crippen LogP) is 9.86. The molecule has 0 saturated heterocycles. The van der Waals surface area contributed by atoms with E-state index in [-0.39, 0.29) is 17.1 Å². The fourth-order valence-corrected chi connectivity index (χ4v) is 14.0. The molecular formula is C52H60FeO7P2+2. The Morgan fingerprint density at radius 1 is 0.435 bits per heavy atom. The molecular weight excluding hydrogens is 854 g/mol. The van der Waals surface area contributed by atoms with Crippen LogP contribution < -0.4 is 44.9 Å². The molecule has 326 valence electrons. The van der Waals surface area contributed by atoms with Crippen molar-refractivity contribution in [3.8, 4) is 28.7 Å². The number of carbonyl (C=O) groups excluding carboxylic acids is 2. The van der Waals surface area contributed by atoms with Crippen LogP contribution in [-0.4, -0.2) is 48.1 Å². The first-order chi connectivity index (χ1) is 29.2. The van der Waals surface area contributed by atoms with Gasteiger partial charge in [0.1, 0.15) is 41.3 Å². The number of benzene rings is 4. The number of hydrogen-bond donors (Lipinski definition) is 0. The Hall–Kier alpha value is -3.40. The topological polar surface area (TPSA) is 80.3 Å². The third-order valence-electron chi connectivity index (χ3n) is 11.3. The van der Waals surface area contributed by atoms with Crippen LogP contribution in [0.2, 0.25) is 0 Å². The second-order valence-electron chi connectivity index (χ2n) is 15.2. The minimum Gasteiger partial charge on any atom is -0.496 e. The van der Waals surface area contributed by atoms with Crippen LogP contribution in [0.5, 0.6) is 28.7 Å². The SMILES string of the molecule is CC[C]1[CH][CH][C](P(c2cc(C)c(OC)c(C)c2)c2cc(C)c(OC)c(C)c2)[C]1C=O.CC[C]1[CH][CH][C](P(c2cc(C)c(OC)c(C)c2)c2cc(OC)c(C)c(OC)c2)[C]1C=O.[Fe+2]. The van der Waals surface area contributed by atoms with E-state index in [0.717, 1.165) is 139 Å². The van der Waals surface area contributed by atoms with E-state index in [0.29, 0.717) is 0 Å². The fourth-order valence-electron chi connectivity index (χ4n) is 8.52. The Bertz CT molecular complexity index is 2020. The number of methoxy groups -OCH3 is 5. The Morgan fingerprint density at radius 3 is 0.935 bits per heavy atom. The van der Waals surface area contributed by atoms with Crippen molar-refractivity contribution >= 4 is 49.6 Å². The Morgan fingerprint density at radius 2 is 0.710 bits per heavy atom. The van der Waals surface area contributed by atoms with E-state index in [9.17, 15) is 9.59 Å². The van der Waals surface area contributed by atoms with Crippen LogP contribution in [0.4, 0.5) is 0 Å². The molecule has 2 saturated carbocycles. The van der Waals surface area contributed by atoms with Gasteiger partial charge < -0.3 is 33.3 Å². The summed E-state index contributed by atoms with van der Waals surface area (Å²) in [5.41, 5.74) is 9.71. The number of aryl methyl sites for hydroxylation is 6. The summed E-state index contributed by atoms with van der Waals surface area (Å²) < 4.78 is 28.1. The minimum atomic E-state index is -1.01. The van der Waals surface area contributed by atoms with Crippen LogP contribution in [-0.2, 0) is 26.7 Å². The number of hydrogen-bond acceptors (Lipinski definition) is 7. The van der Waals surface area contributed by atoms with Gasteiger partial charge in [-0.1, -0.05) is 13.8 Å². The molecule has 1 atom stereocenters. The van der Waals surface area contributed by atoms with Crippen molar-refractivity contribution in [1.29, 1.82) is 0 Å².